The van der Waals surface area contributed by atoms with Crippen molar-refractivity contribution in [1.29, 1.82) is 5.26 Å². The lowest BCUT2D eigenvalue weighted by Gasteiger charge is -2.14. The van der Waals surface area contributed by atoms with Crippen molar-refractivity contribution in [2.75, 3.05) is 6.26 Å². The lowest BCUT2D eigenvalue weighted by Crippen LogP contribution is -2.09. The van der Waals surface area contributed by atoms with Crippen LogP contribution < -0.4 is 0 Å². The SMILES string of the molecule is CS(=O)(=O)c1cccc(-c2ccc(-n3cc(-n4cnc(C#N)c4)nc3-c3ccccc3C(F)(F)F)cc2)c1. The van der Waals surface area contributed by atoms with Crippen molar-refractivity contribution in [1.82, 2.24) is 19.1 Å². The number of hydrogen-bond donors (Lipinski definition) is 0. The zero-order valence-corrected chi connectivity index (χ0v) is 20.6. The van der Waals surface area contributed by atoms with Gasteiger partial charge in [-0.1, -0.05) is 42.5 Å². The van der Waals surface area contributed by atoms with Crippen molar-refractivity contribution in [3.05, 3.63) is 103 Å². The number of sulfone groups is 1. The van der Waals surface area contributed by atoms with Crippen LogP contribution in [0.15, 0.2) is 96.4 Å². The molecule has 0 atom stereocenters. The number of benzene rings is 3. The van der Waals surface area contributed by atoms with Gasteiger partial charge in [-0.3, -0.25) is 9.13 Å². The van der Waals surface area contributed by atoms with Gasteiger partial charge in [0.1, 0.15) is 18.2 Å². The number of imidazole rings is 2. The van der Waals surface area contributed by atoms with E-state index < -0.39 is 21.6 Å². The van der Waals surface area contributed by atoms with Gasteiger partial charge < -0.3 is 0 Å². The van der Waals surface area contributed by atoms with E-state index in [-0.39, 0.29) is 27.8 Å². The van der Waals surface area contributed by atoms with E-state index in [4.69, 9.17) is 5.26 Å². The molecule has 0 N–H and O–H groups in total. The highest BCUT2D eigenvalue weighted by Gasteiger charge is 2.34. The molecule has 0 aliphatic heterocycles. The van der Waals surface area contributed by atoms with Gasteiger partial charge in [-0.15, -0.1) is 0 Å². The van der Waals surface area contributed by atoms with E-state index in [9.17, 15) is 21.6 Å². The first kappa shape index (κ1) is 25.0. The van der Waals surface area contributed by atoms with Gasteiger partial charge in [-0.25, -0.2) is 18.4 Å². The molecule has 190 valence electrons. The summed E-state index contributed by atoms with van der Waals surface area (Å²) in [5, 5.41) is 9.11. The van der Waals surface area contributed by atoms with Crippen LogP contribution in [0.3, 0.4) is 0 Å². The van der Waals surface area contributed by atoms with Crippen LogP contribution in [0, 0.1) is 11.3 Å². The monoisotopic (exact) mass is 533 g/mol. The van der Waals surface area contributed by atoms with E-state index in [1.807, 2.05) is 6.07 Å². The van der Waals surface area contributed by atoms with Crippen molar-refractivity contribution in [2.24, 2.45) is 0 Å². The minimum Gasteiger partial charge on any atom is -0.298 e. The number of rotatable bonds is 5. The number of aromatic nitrogens is 4. The second-order valence-corrected chi connectivity index (χ2v) is 10.5. The molecule has 0 aliphatic rings. The molecule has 0 saturated carbocycles. The molecule has 5 aromatic rings. The second-order valence-electron chi connectivity index (χ2n) is 8.46. The average Bonchev–Trinajstić information content (AvgIpc) is 3.55. The molecule has 0 fully saturated rings. The first-order chi connectivity index (χ1) is 18.0. The molecule has 0 saturated heterocycles. The third kappa shape index (κ3) is 4.81. The molecule has 0 bridgehead atoms. The molecule has 3 aromatic carbocycles. The molecule has 11 heteroatoms. The molecular formula is C27H18F3N5O2S. The Labute approximate surface area is 216 Å². The van der Waals surface area contributed by atoms with Crippen molar-refractivity contribution in [2.45, 2.75) is 11.1 Å². The van der Waals surface area contributed by atoms with Crippen LogP contribution in [0.2, 0.25) is 0 Å². The second kappa shape index (κ2) is 9.32. The number of nitriles is 1. The highest BCUT2D eigenvalue weighted by atomic mass is 32.2. The van der Waals surface area contributed by atoms with Gasteiger partial charge in [0.05, 0.1) is 16.7 Å². The maximum atomic E-state index is 13.9. The summed E-state index contributed by atoms with van der Waals surface area (Å²) < 4.78 is 68.5. The minimum atomic E-state index is -4.61. The summed E-state index contributed by atoms with van der Waals surface area (Å²) in [4.78, 5) is 8.61. The van der Waals surface area contributed by atoms with E-state index in [1.165, 1.54) is 45.9 Å². The zero-order valence-electron chi connectivity index (χ0n) is 19.8. The standard InChI is InChI=1S/C27H18F3N5O2S/c1-38(36,37)22-6-4-5-19(13-22)18-9-11-21(12-10-18)35-16-25(34-15-20(14-31)32-17-34)33-26(35)23-7-2-3-8-24(23)27(28,29)30/h2-13,15-17H,1H3. The van der Waals surface area contributed by atoms with E-state index >= 15 is 0 Å². The predicted molar refractivity (Wildman–Crippen MR) is 134 cm³/mol. The van der Waals surface area contributed by atoms with Crippen molar-refractivity contribution in [3.8, 4) is 40.1 Å². The van der Waals surface area contributed by atoms with Crippen LogP contribution >= 0.6 is 0 Å². The normalized spacial score (nSPS) is 11.9. The first-order valence-corrected chi connectivity index (χ1v) is 13.0. The lowest BCUT2D eigenvalue weighted by atomic mass is 10.0. The summed E-state index contributed by atoms with van der Waals surface area (Å²) in [6, 6.07) is 20.5. The molecule has 0 unspecified atom stereocenters. The fourth-order valence-corrected chi connectivity index (χ4v) is 4.70. The van der Waals surface area contributed by atoms with Crippen LogP contribution in [0.4, 0.5) is 13.2 Å². The maximum Gasteiger partial charge on any atom is 0.417 e. The molecule has 2 aromatic heterocycles. The minimum absolute atomic E-state index is 0.0481. The molecule has 38 heavy (non-hydrogen) atoms. The highest BCUT2D eigenvalue weighted by molar-refractivity contribution is 7.90. The summed E-state index contributed by atoms with van der Waals surface area (Å²) in [7, 11) is -3.39. The van der Waals surface area contributed by atoms with Gasteiger partial charge in [-0.2, -0.15) is 18.4 Å². The molecular weight excluding hydrogens is 515 g/mol. The average molecular weight is 534 g/mol. The van der Waals surface area contributed by atoms with Gasteiger partial charge >= 0.3 is 6.18 Å². The van der Waals surface area contributed by atoms with Crippen molar-refractivity contribution < 1.29 is 21.6 Å². The Morgan fingerprint density at radius 1 is 0.921 bits per heavy atom. The Balaban J connectivity index is 1.64. The zero-order chi connectivity index (χ0) is 27.1. The van der Waals surface area contributed by atoms with Crippen molar-refractivity contribution in [3.63, 3.8) is 0 Å². The molecule has 5 rings (SSSR count). The van der Waals surface area contributed by atoms with Crippen LogP contribution in [-0.4, -0.2) is 33.8 Å². The van der Waals surface area contributed by atoms with E-state index in [2.05, 4.69) is 9.97 Å². The Kier molecular flexibility index (Phi) is 6.12. The summed E-state index contributed by atoms with van der Waals surface area (Å²) in [5.74, 6) is 0.322. The van der Waals surface area contributed by atoms with Gasteiger partial charge in [-0.05, 0) is 41.5 Å². The number of nitrogens with zero attached hydrogens (tertiary/aromatic N) is 5. The molecule has 0 spiro atoms. The Morgan fingerprint density at radius 2 is 1.66 bits per heavy atom. The molecule has 7 nitrogen and oxygen atoms in total. The number of halogens is 3. The smallest absolute Gasteiger partial charge is 0.298 e. The number of hydrogen-bond acceptors (Lipinski definition) is 5. The third-order valence-corrected chi connectivity index (χ3v) is 6.98. The molecule has 2 heterocycles. The lowest BCUT2D eigenvalue weighted by molar-refractivity contribution is -0.137. The molecule has 0 amide bonds. The summed E-state index contributed by atoms with van der Waals surface area (Å²) >= 11 is 0. The Bertz CT molecular complexity index is 1800. The highest BCUT2D eigenvalue weighted by Crippen LogP contribution is 2.38. The Morgan fingerprint density at radius 3 is 2.32 bits per heavy atom. The fourth-order valence-electron chi connectivity index (χ4n) is 4.03. The first-order valence-electron chi connectivity index (χ1n) is 11.2. The third-order valence-electron chi connectivity index (χ3n) is 5.87. The summed E-state index contributed by atoms with van der Waals surface area (Å²) in [5.41, 5.74) is 1.12. The van der Waals surface area contributed by atoms with Crippen LogP contribution in [0.25, 0.3) is 34.0 Å². The quantitative estimate of drug-likeness (QED) is 0.290. The Hall–Kier alpha value is -4.69. The van der Waals surface area contributed by atoms with Gasteiger partial charge in [0.15, 0.2) is 21.3 Å². The van der Waals surface area contributed by atoms with E-state index in [1.54, 1.807) is 48.7 Å². The van der Waals surface area contributed by atoms with Gasteiger partial charge in [0.2, 0.25) is 0 Å². The summed E-state index contributed by atoms with van der Waals surface area (Å²) in [6.07, 6.45) is 0.883. The van der Waals surface area contributed by atoms with Crippen LogP contribution in [-0.2, 0) is 16.0 Å². The van der Waals surface area contributed by atoms with Crippen molar-refractivity contribution >= 4 is 9.84 Å². The maximum absolute atomic E-state index is 13.9. The van der Waals surface area contributed by atoms with E-state index in [0.29, 0.717) is 11.3 Å². The van der Waals surface area contributed by atoms with Gasteiger partial charge in [0, 0.05) is 23.7 Å². The van der Waals surface area contributed by atoms with Crippen LogP contribution in [0.5, 0.6) is 0 Å². The topological polar surface area (TPSA) is 93.6 Å². The van der Waals surface area contributed by atoms with E-state index in [0.717, 1.165) is 17.9 Å². The molecule has 0 aliphatic carbocycles. The summed E-state index contributed by atoms with van der Waals surface area (Å²) in [6.45, 7) is 0. The fraction of sp³-hybridized carbons (Fsp3) is 0.0741. The largest absolute Gasteiger partial charge is 0.417 e. The number of alkyl halides is 3. The predicted octanol–water partition coefficient (Wildman–Crippen LogP) is 5.69. The van der Waals surface area contributed by atoms with Gasteiger partial charge in [0.25, 0.3) is 0 Å². The van der Waals surface area contributed by atoms with Crippen LogP contribution in [0.1, 0.15) is 11.3 Å². The molecule has 0 radical (unpaired) electrons.